The Morgan fingerprint density at radius 3 is 2.89 bits per heavy atom. The minimum atomic E-state index is -3.41. The SMILES string of the molecule is CC1CN(C)CCC1NS(=O)(=O)c1cc(CN)cs1. The van der Waals surface area contributed by atoms with E-state index in [4.69, 9.17) is 5.73 Å². The topological polar surface area (TPSA) is 75.4 Å². The Kier molecular flexibility index (Phi) is 4.62. The number of hydrogen-bond acceptors (Lipinski definition) is 5. The van der Waals surface area contributed by atoms with Crippen LogP contribution in [-0.4, -0.2) is 39.5 Å². The van der Waals surface area contributed by atoms with Gasteiger partial charge in [0, 0.05) is 19.1 Å². The van der Waals surface area contributed by atoms with Gasteiger partial charge in [0.15, 0.2) is 0 Å². The molecule has 0 bridgehead atoms. The summed E-state index contributed by atoms with van der Waals surface area (Å²) in [5, 5.41) is 1.80. The predicted octanol–water partition coefficient (Wildman–Crippen LogP) is 0.825. The summed E-state index contributed by atoms with van der Waals surface area (Å²) < 4.78 is 27.8. The lowest BCUT2D eigenvalue weighted by molar-refractivity contribution is 0.188. The van der Waals surface area contributed by atoms with Crippen molar-refractivity contribution in [3.05, 3.63) is 17.0 Å². The van der Waals surface area contributed by atoms with Crippen LogP contribution in [0.4, 0.5) is 0 Å². The van der Waals surface area contributed by atoms with E-state index in [0.717, 1.165) is 25.1 Å². The van der Waals surface area contributed by atoms with E-state index in [1.54, 1.807) is 11.4 Å². The normalized spacial score (nSPS) is 25.6. The van der Waals surface area contributed by atoms with Crippen molar-refractivity contribution < 1.29 is 8.42 Å². The summed E-state index contributed by atoms with van der Waals surface area (Å²) in [6.45, 7) is 4.31. The molecular weight excluding hydrogens is 282 g/mol. The van der Waals surface area contributed by atoms with Crippen LogP contribution in [0, 0.1) is 5.92 Å². The van der Waals surface area contributed by atoms with E-state index in [2.05, 4.69) is 23.6 Å². The highest BCUT2D eigenvalue weighted by Gasteiger charge is 2.29. The first-order valence-electron chi connectivity index (χ1n) is 6.40. The molecule has 19 heavy (non-hydrogen) atoms. The van der Waals surface area contributed by atoms with Crippen molar-refractivity contribution in [3.63, 3.8) is 0 Å². The predicted molar refractivity (Wildman–Crippen MR) is 77.6 cm³/mol. The number of thiophene rings is 1. The molecule has 3 N–H and O–H groups in total. The van der Waals surface area contributed by atoms with E-state index in [1.165, 1.54) is 11.3 Å². The Balaban J connectivity index is 2.08. The zero-order valence-electron chi connectivity index (χ0n) is 11.3. The fraction of sp³-hybridized carbons (Fsp3) is 0.667. The first-order valence-corrected chi connectivity index (χ1v) is 8.77. The average Bonchev–Trinajstić information content (AvgIpc) is 2.82. The number of nitrogens with zero attached hydrogens (tertiary/aromatic N) is 1. The van der Waals surface area contributed by atoms with Gasteiger partial charge < -0.3 is 10.6 Å². The van der Waals surface area contributed by atoms with Gasteiger partial charge in [-0.15, -0.1) is 11.3 Å². The number of nitrogens with one attached hydrogen (secondary N) is 1. The summed E-state index contributed by atoms with van der Waals surface area (Å²) in [7, 11) is -1.34. The zero-order valence-corrected chi connectivity index (χ0v) is 12.9. The van der Waals surface area contributed by atoms with Gasteiger partial charge >= 0.3 is 0 Å². The molecule has 7 heteroatoms. The molecule has 2 rings (SSSR count). The van der Waals surface area contributed by atoms with Gasteiger partial charge in [0.05, 0.1) is 0 Å². The number of hydrogen-bond donors (Lipinski definition) is 2. The maximum absolute atomic E-state index is 12.3. The molecule has 0 aliphatic carbocycles. The minimum absolute atomic E-state index is 0.0182. The smallest absolute Gasteiger partial charge is 0.250 e. The van der Waals surface area contributed by atoms with Crippen LogP contribution in [-0.2, 0) is 16.6 Å². The number of likely N-dealkylation sites (tertiary alicyclic amines) is 1. The Morgan fingerprint density at radius 1 is 1.58 bits per heavy atom. The van der Waals surface area contributed by atoms with Gasteiger partial charge in [0.2, 0.25) is 10.0 Å². The van der Waals surface area contributed by atoms with Crippen molar-refractivity contribution in [2.45, 2.75) is 30.1 Å². The van der Waals surface area contributed by atoms with Crippen molar-refractivity contribution in [2.24, 2.45) is 11.7 Å². The lowest BCUT2D eigenvalue weighted by Crippen LogP contribution is -2.48. The maximum atomic E-state index is 12.3. The molecule has 0 spiro atoms. The van der Waals surface area contributed by atoms with Crippen molar-refractivity contribution in [1.82, 2.24) is 9.62 Å². The highest BCUT2D eigenvalue weighted by molar-refractivity contribution is 7.91. The van der Waals surface area contributed by atoms with Crippen LogP contribution in [0.15, 0.2) is 15.7 Å². The second kappa shape index (κ2) is 5.88. The number of piperidine rings is 1. The summed E-state index contributed by atoms with van der Waals surface area (Å²) in [6, 6.07) is 1.68. The van der Waals surface area contributed by atoms with Gasteiger partial charge in [0.1, 0.15) is 4.21 Å². The lowest BCUT2D eigenvalue weighted by atomic mass is 9.95. The molecule has 1 aliphatic heterocycles. The average molecular weight is 303 g/mol. The second-order valence-corrected chi connectivity index (χ2v) is 8.09. The van der Waals surface area contributed by atoms with E-state index in [-0.39, 0.29) is 6.04 Å². The van der Waals surface area contributed by atoms with Crippen LogP contribution in [0.1, 0.15) is 18.9 Å². The molecule has 1 fully saturated rings. The van der Waals surface area contributed by atoms with Crippen LogP contribution < -0.4 is 10.5 Å². The summed E-state index contributed by atoms with van der Waals surface area (Å²) in [4.78, 5) is 2.23. The summed E-state index contributed by atoms with van der Waals surface area (Å²) in [5.74, 6) is 0.322. The summed E-state index contributed by atoms with van der Waals surface area (Å²) in [5.41, 5.74) is 6.38. The van der Waals surface area contributed by atoms with Gasteiger partial charge in [-0.2, -0.15) is 0 Å². The molecule has 0 saturated carbocycles. The lowest BCUT2D eigenvalue weighted by Gasteiger charge is -2.34. The third kappa shape index (κ3) is 3.55. The van der Waals surface area contributed by atoms with Crippen molar-refractivity contribution in [2.75, 3.05) is 20.1 Å². The Labute approximate surface area is 118 Å². The third-order valence-corrected chi connectivity index (χ3v) is 6.52. The Morgan fingerprint density at radius 2 is 2.32 bits per heavy atom. The van der Waals surface area contributed by atoms with Crippen molar-refractivity contribution in [3.8, 4) is 0 Å². The van der Waals surface area contributed by atoms with E-state index in [9.17, 15) is 8.42 Å². The van der Waals surface area contributed by atoms with Crippen LogP contribution in [0.5, 0.6) is 0 Å². The summed E-state index contributed by atoms with van der Waals surface area (Å²) in [6.07, 6.45) is 0.853. The molecule has 2 unspecified atom stereocenters. The Hall–Kier alpha value is -0.470. The molecule has 2 heterocycles. The summed E-state index contributed by atoms with van der Waals surface area (Å²) >= 11 is 1.23. The highest BCUT2D eigenvalue weighted by Crippen LogP contribution is 2.23. The second-order valence-electron chi connectivity index (χ2n) is 5.23. The van der Waals surface area contributed by atoms with Gasteiger partial charge in [-0.05, 0) is 42.9 Å². The van der Waals surface area contributed by atoms with Crippen molar-refractivity contribution >= 4 is 21.4 Å². The fourth-order valence-electron chi connectivity index (χ4n) is 2.39. The molecule has 1 aromatic rings. The first-order chi connectivity index (χ1) is 8.92. The van der Waals surface area contributed by atoms with Gasteiger partial charge in [0.25, 0.3) is 0 Å². The standard InChI is InChI=1S/C12H21N3O2S2/c1-9-7-15(2)4-3-11(9)14-19(16,17)12-5-10(6-13)8-18-12/h5,8-9,11,14H,3-4,6-7,13H2,1-2H3. The zero-order chi connectivity index (χ0) is 14.0. The molecule has 0 radical (unpaired) electrons. The number of sulfonamides is 1. The molecule has 1 aliphatic rings. The Bertz CT molecular complexity index is 527. The van der Waals surface area contributed by atoms with Gasteiger partial charge in [-0.1, -0.05) is 6.92 Å². The third-order valence-electron chi connectivity index (χ3n) is 3.55. The van der Waals surface area contributed by atoms with Gasteiger partial charge in [-0.25, -0.2) is 13.1 Å². The molecule has 1 saturated heterocycles. The number of nitrogens with two attached hydrogens (primary N) is 1. The molecular formula is C12H21N3O2S2. The minimum Gasteiger partial charge on any atom is -0.326 e. The monoisotopic (exact) mass is 303 g/mol. The van der Waals surface area contributed by atoms with Crippen LogP contribution in [0.3, 0.4) is 0 Å². The molecule has 0 amide bonds. The highest BCUT2D eigenvalue weighted by atomic mass is 32.2. The van der Waals surface area contributed by atoms with E-state index >= 15 is 0 Å². The molecule has 5 nitrogen and oxygen atoms in total. The van der Waals surface area contributed by atoms with E-state index in [1.807, 2.05) is 0 Å². The van der Waals surface area contributed by atoms with Gasteiger partial charge in [-0.3, -0.25) is 0 Å². The van der Waals surface area contributed by atoms with E-state index < -0.39 is 10.0 Å². The number of rotatable bonds is 4. The molecule has 0 aromatic carbocycles. The largest absolute Gasteiger partial charge is 0.326 e. The van der Waals surface area contributed by atoms with Crippen LogP contribution in [0.2, 0.25) is 0 Å². The maximum Gasteiger partial charge on any atom is 0.250 e. The van der Waals surface area contributed by atoms with Crippen molar-refractivity contribution in [1.29, 1.82) is 0 Å². The quantitative estimate of drug-likeness (QED) is 0.864. The molecule has 108 valence electrons. The fourth-order valence-corrected chi connectivity index (χ4v) is 5.01. The molecule has 2 atom stereocenters. The van der Waals surface area contributed by atoms with E-state index in [0.29, 0.717) is 16.7 Å². The molecule has 1 aromatic heterocycles. The van der Waals surface area contributed by atoms with Crippen LogP contribution >= 0.6 is 11.3 Å². The van der Waals surface area contributed by atoms with Crippen LogP contribution in [0.25, 0.3) is 0 Å². The first kappa shape index (κ1) is 14.9.